The van der Waals surface area contributed by atoms with Gasteiger partial charge in [0, 0.05) is 0 Å². The summed E-state index contributed by atoms with van der Waals surface area (Å²) in [4.78, 5) is 0. The van der Waals surface area contributed by atoms with Crippen LogP contribution in [0.4, 0.5) is 0 Å². The Labute approximate surface area is 106 Å². The van der Waals surface area contributed by atoms with Crippen molar-refractivity contribution in [2.24, 2.45) is 0 Å². The van der Waals surface area contributed by atoms with Crippen molar-refractivity contribution in [3.63, 3.8) is 0 Å². The fourth-order valence-corrected chi connectivity index (χ4v) is 2.04. The van der Waals surface area contributed by atoms with Gasteiger partial charge in [-0.15, -0.1) is 0 Å². The van der Waals surface area contributed by atoms with Gasteiger partial charge in [0.2, 0.25) is 0 Å². The number of rotatable bonds is 1. The molecule has 0 aliphatic carbocycles. The maximum Gasteiger partial charge on any atom is 0.169 e. The Bertz CT molecular complexity index is 589. The highest BCUT2D eigenvalue weighted by molar-refractivity contribution is 5.82. The maximum atomic E-state index is 10.1. The largest absolute Gasteiger partial charge is 0.507 e. The average molecular weight is 244 g/mol. The molecule has 3 nitrogen and oxygen atoms in total. The lowest BCUT2D eigenvalue weighted by Gasteiger charge is -2.14. The van der Waals surface area contributed by atoms with Gasteiger partial charge in [0.05, 0.1) is 5.56 Å². The normalized spacial score (nSPS) is 10.6. The van der Waals surface area contributed by atoms with Gasteiger partial charge in [0.25, 0.3) is 0 Å². The van der Waals surface area contributed by atoms with Gasteiger partial charge < -0.3 is 15.3 Å². The third kappa shape index (κ3) is 1.88. The van der Waals surface area contributed by atoms with Crippen LogP contribution in [-0.4, -0.2) is 15.3 Å². The van der Waals surface area contributed by atoms with Gasteiger partial charge in [-0.25, -0.2) is 0 Å². The summed E-state index contributed by atoms with van der Waals surface area (Å²) in [6.45, 7) is 5.52. The van der Waals surface area contributed by atoms with Crippen molar-refractivity contribution in [3.8, 4) is 28.4 Å². The summed E-state index contributed by atoms with van der Waals surface area (Å²) in [5.41, 5.74) is 3.49. The van der Waals surface area contributed by atoms with E-state index in [4.69, 9.17) is 0 Å². The van der Waals surface area contributed by atoms with Crippen LogP contribution in [0.3, 0.4) is 0 Å². The Morgan fingerprint density at radius 3 is 2.11 bits per heavy atom. The molecule has 2 aromatic carbocycles. The molecule has 0 aromatic heterocycles. The van der Waals surface area contributed by atoms with Crippen LogP contribution >= 0.6 is 0 Å². The molecule has 2 rings (SSSR count). The van der Waals surface area contributed by atoms with E-state index in [-0.39, 0.29) is 22.8 Å². The third-order valence-corrected chi connectivity index (χ3v) is 3.11. The van der Waals surface area contributed by atoms with E-state index in [1.54, 1.807) is 6.92 Å². The van der Waals surface area contributed by atoms with E-state index in [2.05, 4.69) is 0 Å². The van der Waals surface area contributed by atoms with E-state index in [1.807, 2.05) is 32.0 Å². The Morgan fingerprint density at radius 1 is 0.778 bits per heavy atom. The molecule has 0 fully saturated rings. The molecule has 0 amide bonds. The Balaban J connectivity index is 2.82. The summed E-state index contributed by atoms with van der Waals surface area (Å²) in [7, 11) is 0. The summed E-state index contributed by atoms with van der Waals surface area (Å²) in [6, 6.07) is 7.10. The zero-order valence-electron chi connectivity index (χ0n) is 10.7. The second-order valence-corrected chi connectivity index (χ2v) is 4.60. The number of hydrogen-bond donors (Lipinski definition) is 3. The zero-order chi connectivity index (χ0) is 13.4. The quantitative estimate of drug-likeness (QED) is 0.532. The molecule has 3 N–H and O–H groups in total. The predicted molar refractivity (Wildman–Crippen MR) is 71.1 cm³/mol. The molecule has 0 heterocycles. The first kappa shape index (κ1) is 12.3. The van der Waals surface area contributed by atoms with Gasteiger partial charge >= 0.3 is 0 Å². The second-order valence-electron chi connectivity index (χ2n) is 4.60. The van der Waals surface area contributed by atoms with Crippen molar-refractivity contribution in [2.45, 2.75) is 20.8 Å². The van der Waals surface area contributed by atoms with Gasteiger partial charge in [-0.3, -0.25) is 0 Å². The van der Waals surface area contributed by atoms with E-state index >= 15 is 0 Å². The molecule has 94 valence electrons. The molecule has 0 saturated carbocycles. The van der Waals surface area contributed by atoms with Crippen molar-refractivity contribution in [3.05, 3.63) is 41.0 Å². The lowest BCUT2D eigenvalue weighted by molar-refractivity contribution is 0.397. The third-order valence-electron chi connectivity index (χ3n) is 3.11. The van der Waals surface area contributed by atoms with Crippen LogP contribution in [-0.2, 0) is 0 Å². The van der Waals surface area contributed by atoms with E-state index in [1.165, 1.54) is 6.07 Å². The van der Waals surface area contributed by atoms with E-state index in [9.17, 15) is 15.3 Å². The van der Waals surface area contributed by atoms with E-state index < -0.39 is 0 Å². The number of aryl methyl sites for hydroxylation is 3. The minimum atomic E-state index is -0.285. The molecule has 0 aliphatic heterocycles. The van der Waals surface area contributed by atoms with Crippen LogP contribution in [0.25, 0.3) is 11.1 Å². The lowest BCUT2D eigenvalue weighted by Crippen LogP contribution is -1.89. The number of phenolic OH excluding ortho intramolecular Hbond substituents is 3. The molecule has 0 saturated heterocycles. The number of benzene rings is 2. The van der Waals surface area contributed by atoms with Crippen molar-refractivity contribution in [2.75, 3.05) is 0 Å². The molecule has 0 aliphatic rings. The maximum absolute atomic E-state index is 10.1. The fourth-order valence-electron chi connectivity index (χ4n) is 2.04. The smallest absolute Gasteiger partial charge is 0.169 e. The summed E-state index contributed by atoms with van der Waals surface area (Å²) < 4.78 is 0. The van der Waals surface area contributed by atoms with Crippen molar-refractivity contribution in [1.82, 2.24) is 0 Å². The molecular weight excluding hydrogens is 228 g/mol. The first-order valence-corrected chi connectivity index (χ1v) is 5.74. The average Bonchev–Trinajstić information content (AvgIpc) is 2.31. The van der Waals surface area contributed by atoms with Crippen molar-refractivity contribution in [1.29, 1.82) is 0 Å². The summed E-state index contributed by atoms with van der Waals surface area (Å²) in [5.74, 6) is -0.507. The number of hydrogen-bond acceptors (Lipinski definition) is 3. The highest BCUT2D eigenvalue weighted by atomic mass is 16.3. The van der Waals surface area contributed by atoms with Crippen LogP contribution in [0, 0.1) is 20.8 Å². The Kier molecular flexibility index (Phi) is 2.91. The van der Waals surface area contributed by atoms with E-state index in [0.717, 1.165) is 16.7 Å². The van der Waals surface area contributed by atoms with Crippen LogP contribution < -0.4 is 0 Å². The molecule has 2 aromatic rings. The molecule has 3 heteroatoms. The molecule has 0 spiro atoms. The van der Waals surface area contributed by atoms with Gasteiger partial charge in [0.1, 0.15) is 5.75 Å². The number of aromatic hydroxyl groups is 3. The first-order valence-electron chi connectivity index (χ1n) is 5.74. The van der Waals surface area contributed by atoms with Crippen LogP contribution in [0.2, 0.25) is 0 Å². The highest BCUT2D eigenvalue weighted by Crippen LogP contribution is 2.45. The molecule has 0 unspecified atom stereocenters. The number of phenols is 3. The van der Waals surface area contributed by atoms with Crippen molar-refractivity contribution < 1.29 is 15.3 Å². The summed E-state index contributed by atoms with van der Waals surface area (Å²) >= 11 is 0. The van der Waals surface area contributed by atoms with Crippen LogP contribution in [0.5, 0.6) is 17.2 Å². The highest BCUT2D eigenvalue weighted by Gasteiger charge is 2.18. The zero-order valence-corrected chi connectivity index (χ0v) is 10.7. The molecule has 0 bridgehead atoms. The van der Waals surface area contributed by atoms with Gasteiger partial charge in [-0.2, -0.15) is 0 Å². The van der Waals surface area contributed by atoms with Gasteiger partial charge in [-0.05, 0) is 43.5 Å². The summed E-state index contributed by atoms with van der Waals surface area (Å²) in [6.07, 6.45) is 0. The Morgan fingerprint density at radius 2 is 1.44 bits per heavy atom. The predicted octanol–water partition coefficient (Wildman–Crippen LogP) is 3.40. The minimum absolute atomic E-state index is 0.000926. The summed E-state index contributed by atoms with van der Waals surface area (Å²) in [5, 5.41) is 29.7. The molecule has 0 atom stereocenters. The standard InChI is InChI=1S/C15H16O3/c1-8-4-5-9(2)11(6-8)13-14(17)10(3)7-12(16)15(13)18/h4-7,16-18H,1-3H3. The topological polar surface area (TPSA) is 60.7 Å². The van der Waals surface area contributed by atoms with Gasteiger partial charge in [-0.1, -0.05) is 23.8 Å². The monoisotopic (exact) mass is 244 g/mol. The van der Waals surface area contributed by atoms with Crippen molar-refractivity contribution >= 4 is 0 Å². The van der Waals surface area contributed by atoms with Crippen LogP contribution in [0.1, 0.15) is 16.7 Å². The van der Waals surface area contributed by atoms with Gasteiger partial charge in [0.15, 0.2) is 11.5 Å². The van der Waals surface area contributed by atoms with Crippen LogP contribution in [0.15, 0.2) is 24.3 Å². The molecular formula is C15H16O3. The fraction of sp³-hybridized carbons (Fsp3) is 0.200. The van der Waals surface area contributed by atoms with E-state index in [0.29, 0.717) is 5.56 Å². The molecule has 18 heavy (non-hydrogen) atoms. The molecule has 0 radical (unpaired) electrons. The SMILES string of the molecule is Cc1ccc(C)c(-c2c(O)c(C)cc(O)c2O)c1. The second kappa shape index (κ2) is 4.26. The first-order chi connectivity index (χ1) is 8.41. The Hall–Kier alpha value is -2.16. The lowest BCUT2D eigenvalue weighted by atomic mass is 9.95. The minimum Gasteiger partial charge on any atom is -0.507 e.